The van der Waals surface area contributed by atoms with Gasteiger partial charge in [-0.05, 0) is 42.0 Å². The molecule has 32 heavy (non-hydrogen) atoms. The van der Waals surface area contributed by atoms with Crippen molar-refractivity contribution in [2.45, 2.75) is 6.61 Å². The first-order valence-electron chi connectivity index (χ1n) is 9.70. The second-order valence-corrected chi connectivity index (χ2v) is 6.85. The third-order valence-corrected chi connectivity index (χ3v) is 4.84. The molecule has 1 heterocycles. The molecule has 0 N–H and O–H groups in total. The molecule has 0 bridgehead atoms. The van der Waals surface area contributed by atoms with Gasteiger partial charge in [0, 0.05) is 17.7 Å². The van der Waals surface area contributed by atoms with Gasteiger partial charge in [0.1, 0.15) is 18.1 Å². The van der Waals surface area contributed by atoms with Gasteiger partial charge in [0.2, 0.25) is 6.79 Å². The number of ether oxygens (including phenoxy) is 4. The first-order chi connectivity index (χ1) is 15.5. The second kappa shape index (κ2) is 9.22. The van der Waals surface area contributed by atoms with Gasteiger partial charge in [0.05, 0.1) is 17.6 Å². The van der Waals surface area contributed by atoms with Crippen LogP contribution in [0.1, 0.15) is 21.5 Å². The van der Waals surface area contributed by atoms with Crippen molar-refractivity contribution in [2.75, 3.05) is 13.9 Å². The van der Waals surface area contributed by atoms with Crippen LogP contribution in [0, 0.1) is 10.1 Å². The predicted molar refractivity (Wildman–Crippen MR) is 116 cm³/mol. The number of nitro groups is 1. The molecule has 0 saturated heterocycles. The summed E-state index contributed by atoms with van der Waals surface area (Å²) >= 11 is 0. The standard InChI is InChI=1S/C24H19NO7/c1-29-22-10-7-16(6-9-21(26)19-4-2-3-5-20(19)25(27)28)12-17(22)14-30-18-8-11-23-24(13-18)32-15-31-23/h2-13H,14-15H2,1H3/b9-6+. The van der Waals surface area contributed by atoms with Crippen LogP contribution in [0.2, 0.25) is 0 Å². The number of carbonyl (C=O) groups is 1. The van der Waals surface area contributed by atoms with E-state index < -0.39 is 10.7 Å². The number of methoxy groups -OCH3 is 1. The van der Waals surface area contributed by atoms with Crippen LogP contribution in [0.25, 0.3) is 6.08 Å². The lowest BCUT2D eigenvalue weighted by Crippen LogP contribution is -2.01. The Labute approximate surface area is 183 Å². The molecule has 0 amide bonds. The second-order valence-electron chi connectivity index (χ2n) is 6.85. The normalized spacial score (nSPS) is 12.0. The maximum absolute atomic E-state index is 12.5. The third-order valence-electron chi connectivity index (χ3n) is 4.84. The first kappa shape index (κ1) is 20.9. The highest BCUT2D eigenvalue weighted by molar-refractivity contribution is 6.09. The summed E-state index contributed by atoms with van der Waals surface area (Å²) in [6.07, 6.45) is 2.91. The summed E-state index contributed by atoms with van der Waals surface area (Å²) in [5.74, 6) is 2.09. The molecule has 0 radical (unpaired) electrons. The minimum absolute atomic E-state index is 0.0358. The van der Waals surface area contributed by atoms with Crippen LogP contribution >= 0.6 is 0 Å². The van der Waals surface area contributed by atoms with Gasteiger partial charge in [-0.2, -0.15) is 0 Å². The number of carbonyl (C=O) groups excluding carboxylic acids is 1. The number of ketones is 1. The lowest BCUT2D eigenvalue weighted by atomic mass is 10.1. The molecule has 3 aromatic rings. The Hall–Kier alpha value is -4.33. The number of nitrogens with zero attached hydrogens (tertiary/aromatic N) is 1. The Kier molecular flexibility index (Phi) is 6.03. The molecule has 162 valence electrons. The number of rotatable bonds is 8. The Bertz CT molecular complexity index is 1200. The smallest absolute Gasteiger partial charge is 0.280 e. The van der Waals surface area contributed by atoms with E-state index in [-0.39, 0.29) is 24.7 Å². The molecule has 4 rings (SSSR count). The summed E-state index contributed by atoms with van der Waals surface area (Å²) in [7, 11) is 1.56. The lowest BCUT2D eigenvalue weighted by Gasteiger charge is -2.11. The fraction of sp³-hybridized carbons (Fsp3) is 0.125. The number of benzene rings is 3. The number of allylic oxidation sites excluding steroid dienone is 1. The van der Waals surface area contributed by atoms with Crippen molar-refractivity contribution in [2.24, 2.45) is 0 Å². The Morgan fingerprint density at radius 3 is 2.72 bits per heavy atom. The number of hydrogen-bond acceptors (Lipinski definition) is 7. The summed E-state index contributed by atoms with van der Waals surface area (Å²) in [6, 6.07) is 16.6. The molecular formula is C24H19NO7. The van der Waals surface area contributed by atoms with Crippen molar-refractivity contribution in [3.8, 4) is 23.0 Å². The maximum Gasteiger partial charge on any atom is 0.280 e. The summed E-state index contributed by atoms with van der Waals surface area (Å²) in [6.45, 7) is 0.411. The Morgan fingerprint density at radius 2 is 1.91 bits per heavy atom. The summed E-state index contributed by atoms with van der Waals surface area (Å²) in [5.41, 5.74) is 1.30. The van der Waals surface area contributed by atoms with Crippen LogP contribution in [0.4, 0.5) is 5.69 Å². The van der Waals surface area contributed by atoms with E-state index in [4.69, 9.17) is 18.9 Å². The Balaban J connectivity index is 1.50. The lowest BCUT2D eigenvalue weighted by molar-refractivity contribution is -0.385. The van der Waals surface area contributed by atoms with Crippen molar-refractivity contribution in [1.29, 1.82) is 0 Å². The third kappa shape index (κ3) is 4.54. The average Bonchev–Trinajstić information content (AvgIpc) is 3.29. The molecule has 0 atom stereocenters. The zero-order valence-corrected chi connectivity index (χ0v) is 17.1. The van der Waals surface area contributed by atoms with E-state index in [0.717, 1.165) is 11.1 Å². The summed E-state index contributed by atoms with van der Waals surface area (Å²) in [5, 5.41) is 11.2. The fourth-order valence-electron chi connectivity index (χ4n) is 3.25. The topological polar surface area (TPSA) is 97.1 Å². The quantitative estimate of drug-likeness (QED) is 0.218. The highest BCUT2D eigenvalue weighted by atomic mass is 16.7. The van der Waals surface area contributed by atoms with Gasteiger partial charge in [-0.1, -0.05) is 24.3 Å². The number of para-hydroxylation sites is 1. The summed E-state index contributed by atoms with van der Waals surface area (Å²) in [4.78, 5) is 23.1. The van der Waals surface area contributed by atoms with Crippen LogP contribution in [0.5, 0.6) is 23.0 Å². The highest BCUT2D eigenvalue weighted by Crippen LogP contribution is 2.35. The van der Waals surface area contributed by atoms with Crippen LogP contribution in [0.3, 0.4) is 0 Å². The molecule has 0 saturated carbocycles. The maximum atomic E-state index is 12.5. The number of hydrogen-bond donors (Lipinski definition) is 0. The van der Waals surface area contributed by atoms with Crippen molar-refractivity contribution in [1.82, 2.24) is 0 Å². The minimum Gasteiger partial charge on any atom is -0.496 e. The number of nitro benzene ring substituents is 1. The molecule has 0 aliphatic carbocycles. The van der Waals surface area contributed by atoms with Crippen molar-refractivity contribution in [3.05, 3.63) is 93.5 Å². The highest BCUT2D eigenvalue weighted by Gasteiger charge is 2.17. The van der Waals surface area contributed by atoms with E-state index in [0.29, 0.717) is 23.0 Å². The van der Waals surface area contributed by atoms with E-state index in [1.807, 2.05) is 6.07 Å². The molecule has 0 spiro atoms. The van der Waals surface area contributed by atoms with Crippen LogP contribution < -0.4 is 18.9 Å². The van der Waals surface area contributed by atoms with E-state index in [1.165, 1.54) is 24.3 Å². The molecule has 0 aromatic heterocycles. The Morgan fingerprint density at radius 1 is 1.09 bits per heavy atom. The first-order valence-corrected chi connectivity index (χ1v) is 9.70. The van der Waals surface area contributed by atoms with Gasteiger partial charge >= 0.3 is 0 Å². The van der Waals surface area contributed by atoms with Gasteiger partial charge in [-0.25, -0.2) is 0 Å². The number of fused-ring (bicyclic) bond motifs is 1. The monoisotopic (exact) mass is 433 g/mol. The van der Waals surface area contributed by atoms with Crippen molar-refractivity contribution < 1.29 is 28.7 Å². The molecule has 0 unspecified atom stereocenters. The van der Waals surface area contributed by atoms with Crippen molar-refractivity contribution >= 4 is 17.5 Å². The fourth-order valence-corrected chi connectivity index (χ4v) is 3.25. The average molecular weight is 433 g/mol. The van der Waals surface area contributed by atoms with E-state index >= 15 is 0 Å². The van der Waals surface area contributed by atoms with Gasteiger partial charge < -0.3 is 18.9 Å². The SMILES string of the molecule is COc1ccc(/C=C/C(=O)c2ccccc2[N+](=O)[O-])cc1COc1ccc2c(c1)OCO2. The van der Waals surface area contributed by atoms with Crippen LogP contribution in [0.15, 0.2) is 66.7 Å². The largest absolute Gasteiger partial charge is 0.496 e. The molecule has 1 aliphatic rings. The molecule has 8 nitrogen and oxygen atoms in total. The molecule has 3 aromatic carbocycles. The summed E-state index contributed by atoms with van der Waals surface area (Å²) < 4.78 is 21.9. The van der Waals surface area contributed by atoms with Crippen molar-refractivity contribution in [3.63, 3.8) is 0 Å². The van der Waals surface area contributed by atoms with Crippen LogP contribution in [-0.2, 0) is 6.61 Å². The predicted octanol–water partition coefficient (Wildman–Crippen LogP) is 4.81. The van der Waals surface area contributed by atoms with Gasteiger partial charge in [-0.15, -0.1) is 0 Å². The van der Waals surface area contributed by atoms with Gasteiger partial charge in [0.15, 0.2) is 17.3 Å². The molecule has 1 aliphatic heterocycles. The minimum atomic E-state index is -0.569. The zero-order valence-electron chi connectivity index (χ0n) is 17.1. The van der Waals surface area contributed by atoms with Gasteiger partial charge in [-0.3, -0.25) is 14.9 Å². The van der Waals surface area contributed by atoms with E-state index in [2.05, 4.69) is 0 Å². The molecule has 8 heteroatoms. The molecular weight excluding hydrogens is 414 g/mol. The molecule has 0 fully saturated rings. The zero-order chi connectivity index (χ0) is 22.5. The van der Waals surface area contributed by atoms with Crippen LogP contribution in [-0.4, -0.2) is 24.6 Å². The van der Waals surface area contributed by atoms with E-state index in [9.17, 15) is 14.9 Å². The van der Waals surface area contributed by atoms with Gasteiger partial charge in [0.25, 0.3) is 5.69 Å². The van der Waals surface area contributed by atoms with E-state index in [1.54, 1.807) is 49.6 Å².